The van der Waals surface area contributed by atoms with Crippen molar-refractivity contribution in [2.45, 2.75) is 6.92 Å². The van der Waals surface area contributed by atoms with Crippen molar-refractivity contribution in [3.63, 3.8) is 0 Å². The first-order valence-corrected chi connectivity index (χ1v) is 5.31. The van der Waals surface area contributed by atoms with Crippen molar-refractivity contribution < 1.29 is 9.52 Å². The average Bonchev–Trinajstić information content (AvgIpc) is 2.30. The highest BCUT2D eigenvalue weighted by Crippen LogP contribution is 2.22. The van der Waals surface area contributed by atoms with Crippen molar-refractivity contribution in [2.24, 2.45) is 0 Å². The number of rotatable bonds is 0. The summed E-state index contributed by atoms with van der Waals surface area (Å²) in [5, 5.41) is 10.3. The summed E-state index contributed by atoms with van der Waals surface area (Å²) < 4.78 is 5.65. The molecule has 0 radical (unpaired) electrons. The number of aryl methyl sites for hydroxylation is 1. The van der Waals surface area contributed by atoms with E-state index in [1.807, 2.05) is 19.1 Å². The molecule has 3 rings (SSSR count). The number of hydrogen-bond acceptors (Lipinski definition) is 3. The topological polar surface area (TPSA) is 50.4 Å². The van der Waals surface area contributed by atoms with Crippen LogP contribution in [0.25, 0.3) is 21.9 Å². The van der Waals surface area contributed by atoms with Crippen LogP contribution < -0.4 is 5.43 Å². The smallest absolute Gasteiger partial charge is 0.200 e. The summed E-state index contributed by atoms with van der Waals surface area (Å²) in [6, 6.07) is 10.00. The first-order valence-electron chi connectivity index (χ1n) is 5.31. The molecule has 1 N–H and O–H groups in total. The lowest BCUT2D eigenvalue weighted by atomic mass is 10.1. The molecule has 0 atom stereocenters. The molecule has 0 amide bonds. The number of benzene rings is 2. The van der Waals surface area contributed by atoms with Gasteiger partial charge < -0.3 is 9.52 Å². The van der Waals surface area contributed by atoms with E-state index in [4.69, 9.17) is 4.42 Å². The molecule has 0 spiro atoms. The van der Waals surface area contributed by atoms with Crippen LogP contribution in [0.15, 0.2) is 45.6 Å². The number of phenols is 1. The third kappa shape index (κ3) is 1.47. The Hall–Kier alpha value is -2.29. The quantitative estimate of drug-likeness (QED) is 0.599. The van der Waals surface area contributed by atoms with E-state index >= 15 is 0 Å². The maximum absolute atomic E-state index is 12.2. The fraction of sp³-hybridized carbons (Fsp3) is 0.0714. The molecule has 0 aliphatic heterocycles. The molecule has 17 heavy (non-hydrogen) atoms. The van der Waals surface area contributed by atoms with Gasteiger partial charge in [-0.05, 0) is 42.8 Å². The Morgan fingerprint density at radius 3 is 2.65 bits per heavy atom. The van der Waals surface area contributed by atoms with E-state index in [2.05, 4.69) is 0 Å². The largest absolute Gasteiger partial charge is 0.508 e. The summed E-state index contributed by atoms with van der Waals surface area (Å²) >= 11 is 0. The maximum Gasteiger partial charge on any atom is 0.200 e. The van der Waals surface area contributed by atoms with Gasteiger partial charge in [0.1, 0.15) is 16.9 Å². The Balaban J connectivity index is 2.57. The minimum Gasteiger partial charge on any atom is -0.508 e. The van der Waals surface area contributed by atoms with Crippen LogP contribution in [-0.4, -0.2) is 5.11 Å². The minimum absolute atomic E-state index is 0.0660. The van der Waals surface area contributed by atoms with Crippen LogP contribution in [0.4, 0.5) is 0 Å². The summed E-state index contributed by atoms with van der Waals surface area (Å²) in [4.78, 5) is 12.2. The molecular formula is C14H10O3. The Morgan fingerprint density at radius 2 is 1.82 bits per heavy atom. The van der Waals surface area contributed by atoms with Gasteiger partial charge in [0.2, 0.25) is 5.43 Å². The molecule has 1 aromatic heterocycles. The minimum atomic E-state index is -0.114. The first kappa shape index (κ1) is 9.90. The third-order valence-electron chi connectivity index (χ3n) is 2.81. The van der Waals surface area contributed by atoms with Gasteiger partial charge >= 0.3 is 0 Å². The molecule has 3 heteroatoms. The summed E-state index contributed by atoms with van der Waals surface area (Å²) in [5.41, 5.74) is 2.00. The van der Waals surface area contributed by atoms with Gasteiger partial charge in [-0.1, -0.05) is 6.07 Å². The normalized spacial score (nSPS) is 11.1. The van der Waals surface area contributed by atoms with Crippen LogP contribution in [0.2, 0.25) is 0 Å². The van der Waals surface area contributed by atoms with Crippen molar-refractivity contribution in [1.82, 2.24) is 0 Å². The Bertz CT molecular complexity index is 784. The van der Waals surface area contributed by atoms with Gasteiger partial charge in [-0.15, -0.1) is 0 Å². The van der Waals surface area contributed by atoms with Crippen LogP contribution in [0.5, 0.6) is 5.75 Å². The lowest BCUT2D eigenvalue weighted by Crippen LogP contribution is -2.01. The van der Waals surface area contributed by atoms with Crippen LogP contribution in [0.1, 0.15) is 5.56 Å². The number of phenolic OH excluding ortho intramolecular Hbond substituents is 1. The number of hydrogen-bond donors (Lipinski definition) is 1. The van der Waals surface area contributed by atoms with Gasteiger partial charge in [0.15, 0.2) is 0 Å². The van der Waals surface area contributed by atoms with Crippen molar-refractivity contribution in [2.75, 3.05) is 0 Å². The molecule has 0 aliphatic rings. The average molecular weight is 226 g/mol. The molecule has 3 nitrogen and oxygen atoms in total. The predicted molar refractivity (Wildman–Crippen MR) is 66.4 cm³/mol. The summed E-state index contributed by atoms with van der Waals surface area (Å²) in [7, 11) is 0. The Labute approximate surface area is 96.9 Å². The Kier molecular flexibility index (Phi) is 1.95. The van der Waals surface area contributed by atoms with E-state index < -0.39 is 0 Å². The molecule has 84 valence electrons. The molecular weight excluding hydrogens is 216 g/mol. The molecule has 0 unspecified atom stereocenters. The second kappa shape index (κ2) is 3.35. The van der Waals surface area contributed by atoms with Crippen molar-refractivity contribution >= 4 is 21.9 Å². The highest BCUT2D eigenvalue weighted by atomic mass is 16.3. The van der Waals surface area contributed by atoms with Crippen LogP contribution >= 0.6 is 0 Å². The molecule has 0 aliphatic carbocycles. The summed E-state index contributed by atoms with van der Waals surface area (Å²) in [6.45, 7) is 1.94. The van der Waals surface area contributed by atoms with Gasteiger partial charge in [0.05, 0.1) is 10.8 Å². The van der Waals surface area contributed by atoms with E-state index in [9.17, 15) is 9.90 Å². The van der Waals surface area contributed by atoms with E-state index in [1.54, 1.807) is 12.1 Å². The zero-order chi connectivity index (χ0) is 12.0. The molecule has 0 saturated heterocycles. The molecule has 0 saturated carbocycles. The first-order chi connectivity index (χ1) is 8.15. The van der Waals surface area contributed by atoms with Gasteiger partial charge in [0.25, 0.3) is 0 Å². The zero-order valence-electron chi connectivity index (χ0n) is 9.23. The SMILES string of the molecule is Cc1ccc2c(=O)c3cc(O)ccc3oc2c1. The van der Waals surface area contributed by atoms with Gasteiger partial charge in [-0.25, -0.2) is 0 Å². The molecule has 1 heterocycles. The highest BCUT2D eigenvalue weighted by Gasteiger charge is 2.07. The van der Waals surface area contributed by atoms with Gasteiger partial charge in [0, 0.05) is 0 Å². The fourth-order valence-corrected chi connectivity index (χ4v) is 1.95. The standard InChI is InChI=1S/C14H10O3/c1-8-2-4-10-13(6-8)17-12-5-3-9(15)7-11(12)14(10)16/h2-7,15H,1H3. The van der Waals surface area contributed by atoms with Crippen LogP contribution in [0, 0.1) is 6.92 Å². The van der Waals surface area contributed by atoms with Crippen molar-refractivity contribution in [1.29, 1.82) is 0 Å². The molecule has 0 bridgehead atoms. The molecule has 0 fully saturated rings. The maximum atomic E-state index is 12.2. The second-order valence-electron chi connectivity index (χ2n) is 4.11. The van der Waals surface area contributed by atoms with Crippen molar-refractivity contribution in [3.8, 4) is 5.75 Å². The highest BCUT2D eigenvalue weighted by molar-refractivity contribution is 5.90. The van der Waals surface area contributed by atoms with E-state index in [1.165, 1.54) is 12.1 Å². The lowest BCUT2D eigenvalue weighted by molar-refractivity contribution is 0.475. The lowest BCUT2D eigenvalue weighted by Gasteiger charge is -2.02. The number of fused-ring (bicyclic) bond motifs is 2. The number of aromatic hydroxyl groups is 1. The fourth-order valence-electron chi connectivity index (χ4n) is 1.95. The van der Waals surface area contributed by atoms with Gasteiger partial charge in [-0.3, -0.25) is 4.79 Å². The van der Waals surface area contributed by atoms with E-state index in [0.29, 0.717) is 21.9 Å². The summed E-state index contributed by atoms with van der Waals surface area (Å²) in [5.74, 6) is 0.0660. The second-order valence-corrected chi connectivity index (χ2v) is 4.11. The van der Waals surface area contributed by atoms with E-state index in [0.717, 1.165) is 5.56 Å². The molecule has 3 aromatic rings. The monoisotopic (exact) mass is 226 g/mol. The van der Waals surface area contributed by atoms with Crippen molar-refractivity contribution in [3.05, 3.63) is 52.2 Å². The zero-order valence-corrected chi connectivity index (χ0v) is 9.23. The predicted octanol–water partition coefficient (Wildman–Crippen LogP) is 2.96. The summed E-state index contributed by atoms with van der Waals surface area (Å²) in [6.07, 6.45) is 0. The van der Waals surface area contributed by atoms with Crippen LogP contribution in [-0.2, 0) is 0 Å². The van der Waals surface area contributed by atoms with Gasteiger partial charge in [-0.2, -0.15) is 0 Å². The van der Waals surface area contributed by atoms with E-state index in [-0.39, 0.29) is 11.2 Å². The molecule has 2 aromatic carbocycles. The van der Waals surface area contributed by atoms with Crippen LogP contribution in [0.3, 0.4) is 0 Å². The Morgan fingerprint density at radius 1 is 1.00 bits per heavy atom. The third-order valence-corrected chi connectivity index (χ3v) is 2.81.